The van der Waals surface area contributed by atoms with Gasteiger partial charge in [-0.15, -0.1) is 0 Å². The number of carboxylic acid groups (broad SMARTS) is 1. The van der Waals surface area contributed by atoms with Crippen molar-refractivity contribution in [3.05, 3.63) is 89.0 Å². The SMILES string of the molecule is CCCCOc1ccc(S(=O)(=O)N(Cc2ccccc2)c2c(C)cc(C)cc2C(=O)O)cc1. The van der Waals surface area contributed by atoms with E-state index in [2.05, 4.69) is 6.92 Å². The van der Waals surface area contributed by atoms with E-state index in [1.54, 1.807) is 32.0 Å². The molecular formula is C26H29NO5S. The van der Waals surface area contributed by atoms with Crippen LogP contribution in [-0.4, -0.2) is 26.1 Å². The summed E-state index contributed by atoms with van der Waals surface area (Å²) in [4.78, 5) is 12.1. The van der Waals surface area contributed by atoms with Crippen molar-refractivity contribution in [2.24, 2.45) is 0 Å². The van der Waals surface area contributed by atoms with Gasteiger partial charge >= 0.3 is 5.97 Å². The maximum absolute atomic E-state index is 13.8. The number of hydrogen-bond donors (Lipinski definition) is 1. The van der Waals surface area contributed by atoms with E-state index in [4.69, 9.17) is 4.74 Å². The second kappa shape index (κ2) is 10.5. The summed E-state index contributed by atoms with van der Waals surface area (Å²) in [5.41, 5.74) is 2.19. The Kier molecular flexibility index (Phi) is 7.76. The minimum Gasteiger partial charge on any atom is -0.494 e. The largest absolute Gasteiger partial charge is 0.494 e. The van der Waals surface area contributed by atoms with Crippen LogP contribution < -0.4 is 9.04 Å². The minimum absolute atomic E-state index is 0.00209. The fraction of sp³-hybridized carbons (Fsp3) is 0.269. The van der Waals surface area contributed by atoms with Crippen LogP contribution in [0.15, 0.2) is 71.6 Å². The molecule has 33 heavy (non-hydrogen) atoms. The summed E-state index contributed by atoms with van der Waals surface area (Å²) < 4.78 is 34.5. The molecule has 0 radical (unpaired) electrons. The fourth-order valence-electron chi connectivity index (χ4n) is 3.66. The third kappa shape index (κ3) is 5.73. The summed E-state index contributed by atoms with van der Waals surface area (Å²) in [6, 6.07) is 18.7. The molecule has 174 valence electrons. The van der Waals surface area contributed by atoms with Crippen LogP contribution in [0, 0.1) is 13.8 Å². The molecule has 0 fully saturated rings. The zero-order valence-electron chi connectivity index (χ0n) is 19.1. The van der Waals surface area contributed by atoms with Gasteiger partial charge < -0.3 is 9.84 Å². The molecule has 3 aromatic rings. The maximum atomic E-state index is 13.8. The second-order valence-corrected chi connectivity index (χ2v) is 9.82. The first-order valence-corrected chi connectivity index (χ1v) is 12.3. The first kappa shape index (κ1) is 24.3. The average Bonchev–Trinajstić information content (AvgIpc) is 2.78. The van der Waals surface area contributed by atoms with Gasteiger partial charge in [0.15, 0.2) is 0 Å². The number of nitrogens with zero attached hydrogens (tertiary/aromatic N) is 1. The Morgan fingerprint density at radius 2 is 1.67 bits per heavy atom. The van der Waals surface area contributed by atoms with E-state index in [9.17, 15) is 18.3 Å². The summed E-state index contributed by atoms with van der Waals surface area (Å²) in [6.45, 7) is 6.15. The topological polar surface area (TPSA) is 83.9 Å². The zero-order valence-corrected chi connectivity index (χ0v) is 19.9. The lowest BCUT2D eigenvalue weighted by Crippen LogP contribution is -2.32. The van der Waals surface area contributed by atoms with E-state index >= 15 is 0 Å². The van der Waals surface area contributed by atoms with Crippen molar-refractivity contribution < 1.29 is 23.1 Å². The molecule has 0 aliphatic heterocycles. The normalized spacial score (nSPS) is 11.2. The lowest BCUT2D eigenvalue weighted by Gasteiger charge is -2.28. The van der Waals surface area contributed by atoms with Crippen LogP contribution in [0.25, 0.3) is 0 Å². The van der Waals surface area contributed by atoms with Gasteiger partial charge in [0.2, 0.25) is 0 Å². The highest BCUT2D eigenvalue weighted by atomic mass is 32.2. The second-order valence-electron chi connectivity index (χ2n) is 7.95. The highest BCUT2D eigenvalue weighted by Gasteiger charge is 2.30. The maximum Gasteiger partial charge on any atom is 0.337 e. The van der Waals surface area contributed by atoms with Gasteiger partial charge in [0, 0.05) is 0 Å². The van der Waals surface area contributed by atoms with E-state index in [1.807, 2.05) is 30.3 Å². The van der Waals surface area contributed by atoms with Gasteiger partial charge in [-0.25, -0.2) is 13.2 Å². The Morgan fingerprint density at radius 1 is 1.00 bits per heavy atom. The van der Waals surface area contributed by atoms with E-state index in [0.29, 0.717) is 17.9 Å². The molecule has 0 aliphatic rings. The van der Waals surface area contributed by atoms with Crippen molar-refractivity contribution in [1.29, 1.82) is 0 Å². The van der Waals surface area contributed by atoms with Gasteiger partial charge in [0.1, 0.15) is 5.75 Å². The first-order valence-electron chi connectivity index (χ1n) is 10.9. The number of aromatic carboxylic acids is 1. The van der Waals surface area contributed by atoms with E-state index in [1.165, 1.54) is 22.5 Å². The Hall–Kier alpha value is -3.32. The van der Waals surface area contributed by atoms with Crippen LogP contribution in [0.5, 0.6) is 5.75 Å². The third-order valence-corrected chi connectivity index (χ3v) is 7.03. The predicted molar refractivity (Wildman–Crippen MR) is 130 cm³/mol. The van der Waals surface area contributed by atoms with Crippen molar-refractivity contribution in [1.82, 2.24) is 0 Å². The number of aryl methyl sites for hydroxylation is 2. The van der Waals surface area contributed by atoms with Gasteiger partial charge in [-0.05, 0) is 67.3 Å². The highest BCUT2D eigenvalue weighted by molar-refractivity contribution is 7.92. The van der Waals surface area contributed by atoms with Crippen LogP contribution in [0.3, 0.4) is 0 Å². The number of benzene rings is 3. The number of sulfonamides is 1. The summed E-state index contributed by atoms with van der Waals surface area (Å²) >= 11 is 0. The van der Waals surface area contributed by atoms with Crippen LogP contribution in [0.2, 0.25) is 0 Å². The lowest BCUT2D eigenvalue weighted by atomic mass is 10.0. The smallest absolute Gasteiger partial charge is 0.337 e. The lowest BCUT2D eigenvalue weighted by molar-refractivity contribution is 0.0697. The molecule has 6 nitrogen and oxygen atoms in total. The molecule has 1 N–H and O–H groups in total. The average molecular weight is 468 g/mol. The molecule has 0 saturated heterocycles. The zero-order chi connectivity index (χ0) is 24.0. The Balaban J connectivity index is 2.10. The summed E-state index contributed by atoms with van der Waals surface area (Å²) in [5.74, 6) is -0.584. The number of ether oxygens (including phenoxy) is 1. The van der Waals surface area contributed by atoms with Gasteiger partial charge in [-0.1, -0.05) is 49.7 Å². The predicted octanol–water partition coefficient (Wildman–Crippen LogP) is 5.58. The quantitative estimate of drug-likeness (QED) is 0.394. The molecule has 7 heteroatoms. The molecule has 0 aromatic heterocycles. The molecular weight excluding hydrogens is 438 g/mol. The molecule has 0 unspecified atom stereocenters. The first-order chi connectivity index (χ1) is 15.7. The van der Waals surface area contributed by atoms with Gasteiger partial charge in [-0.2, -0.15) is 0 Å². The highest BCUT2D eigenvalue weighted by Crippen LogP contribution is 2.33. The monoisotopic (exact) mass is 467 g/mol. The molecule has 0 heterocycles. The molecule has 3 rings (SSSR count). The number of carboxylic acids is 1. The molecule has 0 atom stereocenters. The Labute approximate surface area is 195 Å². The molecule has 0 aliphatic carbocycles. The summed E-state index contributed by atoms with van der Waals surface area (Å²) in [7, 11) is -4.07. The van der Waals surface area contributed by atoms with Crippen molar-refractivity contribution in [3.63, 3.8) is 0 Å². The third-order valence-electron chi connectivity index (χ3n) is 5.27. The fourth-order valence-corrected chi connectivity index (χ4v) is 5.19. The molecule has 3 aromatic carbocycles. The number of anilines is 1. The summed E-state index contributed by atoms with van der Waals surface area (Å²) in [6.07, 6.45) is 1.91. The Bertz CT molecular complexity index is 1210. The van der Waals surface area contributed by atoms with Crippen LogP contribution in [0.4, 0.5) is 5.69 Å². The molecule has 0 amide bonds. The van der Waals surface area contributed by atoms with Crippen molar-refractivity contribution in [2.75, 3.05) is 10.9 Å². The van der Waals surface area contributed by atoms with Gasteiger partial charge in [0.25, 0.3) is 10.0 Å². The van der Waals surface area contributed by atoms with Crippen LogP contribution in [-0.2, 0) is 16.6 Å². The van der Waals surface area contributed by atoms with Gasteiger partial charge in [-0.3, -0.25) is 4.31 Å². The minimum atomic E-state index is -4.07. The number of carbonyl (C=O) groups is 1. The van der Waals surface area contributed by atoms with E-state index in [-0.39, 0.29) is 22.7 Å². The number of unbranched alkanes of at least 4 members (excludes halogenated alkanes) is 1. The van der Waals surface area contributed by atoms with Crippen LogP contribution >= 0.6 is 0 Å². The molecule has 0 bridgehead atoms. The summed E-state index contributed by atoms with van der Waals surface area (Å²) in [5, 5.41) is 9.87. The van der Waals surface area contributed by atoms with Crippen molar-refractivity contribution in [3.8, 4) is 5.75 Å². The van der Waals surface area contributed by atoms with E-state index < -0.39 is 16.0 Å². The number of hydrogen-bond acceptors (Lipinski definition) is 4. The number of rotatable bonds is 10. The van der Waals surface area contributed by atoms with Gasteiger partial charge in [0.05, 0.1) is 29.3 Å². The van der Waals surface area contributed by atoms with Crippen LogP contribution in [0.1, 0.15) is 46.8 Å². The molecule has 0 spiro atoms. The van der Waals surface area contributed by atoms with E-state index in [0.717, 1.165) is 24.0 Å². The van der Waals surface area contributed by atoms with Crippen molar-refractivity contribution >= 4 is 21.7 Å². The standard InChI is InChI=1S/C26H29NO5S/c1-4-5-15-32-22-11-13-23(14-12-22)33(30,31)27(18-21-9-7-6-8-10-21)25-20(3)16-19(2)17-24(25)26(28)29/h6-14,16-17H,4-5,15,18H2,1-3H3,(H,28,29). The van der Waals surface area contributed by atoms with Crippen molar-refractivity contribution in [2.45, 2.75) is 45.1 Å². The Morgan fingerprint density at radius 3 is 2.27 bits per heavy atom. The molecule has 0 saturated carbocycles.